The number of nitrogens with zero attached hydrogens (tertiary/aromatic N) is 2. The highest BCUT2D eigenvalue weighted by Gasteiger charge is 2.42. The number of piperazine rings is 1. The van der Waals surface area contributed by atoms with E-state index in [4.69, 9.17) is 9.47 Å². The molecule has 3 heterocycles. The second-order valence-electron chi connectivity index (χ2n) is 10.3. The zero-order chi connectivity index (χ0) is 23.7. The van der Waals surface area contributed by atoms with E-state index >= 15 is 0 Å². The first-order valence-electron chi connectivity index (χ1n) is 12.7. The topological polar surface area (TPSA) is 54.0 Å². The molecular weight excluding hydrogens is 426 g/mol. The van der Waals surface area contributed by atoms with Crippen molar-refractivity contribution in [3.8, 4) is 11.5 Å². The van der Waals surface area contributed by atoms with Crippen LogP contribution in [0.3, 0.4) is 0 Å². The number of rotatable bonds is 6. The van der Waals surface area contributed by atoms with E-state index in [0.29, 0.717) is 19.0 Å². The van der Waals surface area contributed by atoms with Crippen molar-refractivity contribution in [3.63, 3.8) is 0 Å². The third kappa shape index (κ3) is 4.36. The van der Waals surface area contributed by atoms with Crippen molar-refractivity contribution in [1.82, 2.24) is 4.90 Å². The lowest BCUT2D eigenvalue weighted by Crippen LogP contribution is -2.60. The minimum absolute atomic E-state index is 0.126. The van der Waals surface area contributed by atoms with Gasteiger partial charge < -0.3 is 19.7 Å². The molecule has 0 aliphatic carbocycles. The summed E-state index contributed by atoms with van der Waals surface area (Å²) in [5, 5.41) is 3.74. The molecule has 0 aromatic heterocycles. The normalized spacial score (nSPS) is 21.4. The van der Waals surface area contributed by atoms with Gasteiger partial charge in [0, 0.05) is 43.3 Å². The first-order chi connectivity index (χ1) is 16.5. The highest BCUT2D eigenvalue weighted by molar-refractivity contribution is 5.90. The van der Waals surface area contributed by atoms with Crippen molar-refractivity contribution >= 4 is 17.2 Å². The maximum atomic E-state index is 13.9. The van der Waals surface area contributed by atoms with Gasteiger partial charge in [-0.15, -0.1) is 0 Å². The Balaban J connectivity index is 1.36. The standard InChI is InChI=1S/C28H37N3O3/c1-4-28(2,3)27(32)25(22-13-12-20-8-5-6-9-21(20)29-22)31-16-14-30(15-17-31)23-10-7-11-24-26(23)34-19-18-33-24/h5-11,22,25,29H,4,12-19H2,1-3H3. The predicted molar refractivity (Wildman–Crippen MR) is 136 cm³/mol. The Labute approximate surface area is 203 Å². The fraction of sp³-hybridized carbons (Fsp3) is 0.536. The van der Waals surface area contributed by atoms with E-state index in [1.54, 1.807) is 0 Å². The third-order valence-electron chi connectivity index (χ3n) is 7.88. The van der Waals surface area contributed by atoms with Gasteiger partial charge in [-0.1, -0.05) is 45.0 Å². The molecule has 1 N–H and O–H groups in total. The minimum atomic E-state index is -0.343. The number of Topliss-reactive ketones (excluding diaryl/α,β-unsaturated/α-hetero) is 1. The molecule has 0 bridgehead atoms. The lowest BCUT2D eigenvalue weighted by Gasteiger charge is -2.46. The van der Waals surface area contributed by atoms with Crippen molar-refractivity contribution < 1.29 is 14.3 Å². The molecule has 0 radical (unpaired) electrons. The number of ketones is 1. The molecule has 0 saturated carbocycles. The van der Waals surface area contributed by atoms with Gasteiger partial charge >= 0.3 is 0 Å². The predicted octanol–water partition coefficient (Wildman–Crippen LogP) is 4.38. The maximum Gasteiger partial charge on any atom is 0.184 e. The molecule has 0 amide bonds. The Morgan fingerprint density at radius 2 is 1.82 bits per heavy atom. The Hall–Kier alpha value is -2.73. The second-order valence-corrected chi connectivity index (χ2v) is 10.3. The smallest absolute Gasteiger partial charge is 0.184 e. The summed E-state index contributed by atoms with van der Waals surface area (Å²) in [5.74, 6) is 2.04. The monoisotopic (exact) mass is 463 g/mol. The average Bonchev–Trinajstić information content (AvgIpc) is 2.89. The Morgan fingerprint density at radius 1 is 1.06 bits per heavy atom. The van der Waals surface area contributed by atoms with E-state index in [1.807, 2.05) is 12.1 Å². The van der Waals surface area contributed by atoms with Crippen LogP contribution in [0.1, 0.15) is 39.2 Å². The molecule has 34 heavy (non-hydrogen) atoms. The van der Waals surface area contributed by atoms with E-state index in [9.17, 15) is 4.79 Å². The number of aryl methyl sites for hydroxylation is 1. The summed E-state index contributed by atoms with van der Waals surface area (Å²) in [4.78, 5) is 18.7. The van der Waals surface area contributed by atoms with E-state index in [2.05, 4.69) is 66.2 Å². The molecular formula is C28H37N3O3. The van der Waals surface area contributed by atoms with Crippen molar-refractivity contribution in [1.29, 1.82) is 0 Å². The Bertz CT molecular complexity index is 1030. The van der Waals surface area contributed by atoms with E-state index in [1.165, 1.54) is 11.3 Å². The molecule has 6 heteroatoms. The number of para-hydroxylation sites is 2. The molecule has 6 nitrogen and oxygen atoms in total. The summed E-state index contributed by atoms with van der Waals surface area (Å²) < 4.78 is 11.8. The van der Waals surface area contributed by atoms with Gasteiger partial charge in [-0.05, 0) is 43.0 Å². The lowest BCUT2D eigenvalue weighted by molar-refractivity contribution is -0.133. The first kappa shape index (κ1) is 23.0. The SMILES string of the molecule is CCC(C)(C)C(=O)C(C1CCc2ccccc2N1)N1CCN(c2cccc3c2OCCO3)CC1. The van der Waals surface area contributed by atoms with Crippen LogP contribution in [-0.4, -0.2) is 62.2 Å². The second kappa shape index (κ2) is 9.49. The molecule has 2 atom stereocenters. The molecule has 3 aliphatic heterocycles. The van der Waals surface area contributed by atoms with Crippen LogP contribution in [0, 0.1) is 5.41 Å². The van der Waals surface area contributed by atoms with Gasteiger partial charge in [-0.3, -0.25) is 9.69 Å². The number of nitrogens with one attached hydrogen (secondary N) is 1. The zero-order valence-corrected chi connectivity index (χ0v) is 20.7. The summed E-state index contributed by atoms with van der Waals surface area (Å²) in [6.07, 6.45) is 2.83. The molecule has 2 unspecified atom stereocenters. The number of benzene rings is 2. The van der Waals surface area contributed by atoms with Gasteiger partial charge in [0.1, 0.15) is 13.2 Å². The van der Waals surface area contributed by atoms with Crippen molar-refractivity contribution in [2.24, 2.45) is 5.41 Å². The van der Waals surface area contributed by atoms with Gasteiger partial charge in [0.25, 0.3) is 0 Å². The molecule has 1 fully saturated rings. The van der Waals surface area contributed by atoms with Crippen molar-refractivity contribution in [2.45, 2.75) is 52.1 Å². The van der Waals surface area contributed by atoms with Crippen LogP contribution in [0.25, 0.3) is 0 Å². The third-order valence-corrected chi connectivity index (χ3v) is 7.88. The highest BCUT2D eigenvalue weighted by atomic mass is 16.6. The van der Waals surface area contributed by atoms with E-state index in [0.717, 1.165) is 62.6 Å². The van der Waals surface area contributed by atoms with Gasteiger partial charge in [-0.25, -0.2) is 0 Å². The number of hydrogen-bond donors (Lipinski definition) is 1. The van der Waals surface area contributed by atoms with Crippen LogP contribution in [-0.2, 0) is 11.2 Å². The van der Waals surface area contributed by atoms with Gasteiger partial charge in [0.15, 0.2) is 17.3 Å². The first-order valence-corrected chi connectivity index (χ1v) is 12.7. The number of ether oxygens (including phenoxy) is 2. The van der Waals surface area contributed by atoms with E-state index in [-0.39, 0.29) is 17.5 Å². The summed E-state index contributed by atoms with van der Waals surface area (Å²) in [6, 6.07) is 14.6. The molecule has 1 saturated heterocycles. The van der Waals surface area contributed by atoms with Gasteiger partial charge in [-0.2, -0.15) is 0 Å². The lowest BCUT2D eigenvalue weighted by atomic mass is 9.77. The number of carbonyl (C=O) groups excluding carboxylic acids is 1. The quantitative estimate of drug-likeness (QED) is 0.686. The van der Waals surface area contributed by atoms with Gasteiger partial charge in [0.2, 0.25) is 0 Å². The molecule has 0 spiro atoms. The summed E-state index contributed by atoms with van der Waals surface area (Å²) in [5.41, 5.74) is 3.28. The molecule has 2 aromatic carbocycles. The minimum Gasteiger partial charge on any atom is -0.486 e. The van der Waals surface area contributed by atoms with Crippen LogP contribution >= 0.6 is 0 Å². The van der Waals surface area contributed by atoms with Crippen LogP contribution in [0.5, 0.6) is 11.5 Å². The highest BCUT2D eigenvalue weighted by Crippen LogP contribution is 2.40. The van der Waals surface area contributed by atoms with Gasteiger partial charge in [0.05, 0.1) is 11.7 Å². The Morgan fingerprint density at radius 3 is 2.62 bits per heavy atom. The largest absolute Gasteiger partial charge is 0.486 e. The summed E-state index contributed by atoms with van der Waals surface area (Å²) >= 11 is 0. The fourth-order valence-corrected chi connectivity index (χ4v) is 5.42. The van der Waals surface area contributed by atoms with Crippen LogP contribution in [0.15, 0.2) is 42.5 Å². The zero-order valence-electron chi connectivity index (χ0n) is 20.7. The molecule has 2 aromatic rings. The van der Waals surface area contributed by atoms with E-state index < -0.39 is 0 Å². The van der Waals surface area contributed by atoms with Crippen molar-refractivity contribution in [2.75, 3.05) is 49.6 Å². The molecule has 5 rings (SSSR count). The van der Waals surface area contributed by atoms with Crippen molar-refractivity contribution in [3.05, 3.63) is 48.0 Å². The van der Waals surface area contributed by atoms with Crippen LogP contribution < -0.4 is 19.7 Å². The van der Waals surface area contributed by atoms with Crippen LogP contribution in [0.2, 0.25) is 0 Å². The molecule has 182 valence electrons. The maximum absolute atomic E-state index is 13.9. The number of hydrogen-bond acceptors (Lipinski definition) is 6. The number of fused-ring (bicyclic) bond motifs is 2. The van der Waals surface area contributed by atoms with Crippen LogP contribution in [0.4, 0.5) is 11.4 Å². The fourth-order valence-electron chi connectivity index (χ4n) is 5.42. The number of carbonyl (C=O) groups is 1. The Kier molecular flexibility index (Phi) is 6.43. The summed E-state index contributed by atoms with van der Waals surface area (Å²) in [6.45, 7) is 10.9. The molecule has 3 aliphatic rings. The summed E-state index contributed by atoms with van der Waals surface area (Å²) in [7, 11) is 0. The average molecular weight is 464 g/mol. The number of anilines is 2.